The number of ketones is 1. The zero-order valence-electron chi connectivity index (χ0n) is 28.9. The third-order valence-corrected chi connectivity index (χ3v) is 7.87. The number of ether oxygens (including phenoxy) is 1. The predicted molar refractivity (Wildman–Crippen MR) is 200 cm³/mol. The molecule has 0 atom stereocenters. The van der Waals surface area contributed by atoms with Crippen molar-refractivity contribution in [2.45, 2.75) is 34.1 Å². The van der Waals surface area contributed by atoms with Gasteiger partial charge in [-0.2, -0.15) is 0 Å². The zero-order valence-corrected chi connectivity index (χ0v) is 31.3. The molecule has 7 nitrogen and oxygen atoms in total. The van der Waals surface area contributed by atoms with E-state index in [0.717, 1.165) is 40.4 Å². The molecular formula is C43H39IrN2O5-. The fourth-order valence-electron chi connectivity index (χ4n) is 4.93. The molecule has 7 rings (SSSR count). The van der Waals surface area contributed by atoms with E-state index in [1.54, 1.807) is 42.7 Å². The number of fused-ring (bicyclic) bond motifs is 3. The summed E-state index contributed by atoms with van der Waals surface area (Å²) in [5.41, 5.74) is 5.96. The number of aromatic nitrogens is 2. The molecule has 51 heavy (non-hydrogen) atoms. The van der Waals surface area contributed by atoms with Gasteiger partial charge in [-0.1, -0.05) is 64.6 Å². The number of aliphatic hydroxyl groups is 1. The number of hydrogen-bond donors (Lipinski definition) is 1. The van der Waals surface area contributed by atoms with Gasteiger partial charge in [0, 0.05) is 56.0 Å². The van der Waals surface area contributed by atoms with Crippen molar-refractivity contribution in [2.75, 3.05) is 0 Å². The molecule has 0 unspecified atom stereocenters. The van der Waals surface area contributed by atoms with Crippen molar-refractivity contribution in [1.29, 1.82) is 0 Å². The second-order valence-corrected chi connectivity index (χ2v) is 12.2. The summed E-state index contributed by atoms with van der Waals surface area (Å²) in [5, 5.41) is 10.3. The summed E-state index contributed by atoms with van der Waals surface area (Å²) >= 11 is 0. The smallest absolute Gasteiger partial charge is 0.182 e. The molecule has 1 aliphatic heterocycles. The molecular weight excluding hydrogens is 817 g/mol. The number of para-hydroxylation sites is 1. The molecule has 0 saturated heterocycles. The standard InChI is InChI=1S/C18H10NO2.C16H13NO.C9H16O2.Ir/c20-18-13-5-1-2-7-16(13)21-17-9-8-12(11-14(17)18)15-6-3-4-10-19-15;1-2-14-8-6-13-11-12(7-9-16(13)18-14)15-5-3-4-10-17-15;1-6(2)8(10)5-9(11)7(3)4;/h1-7,9-11H;2-5,7-11H,1,6H2;5-7,10H,1-4H3;/q-1;;;. The molecule has 0 amide bonds. The molecule has 0 fully saturated rings. The summed E-state index contributed by atoms with van der Waals surface area (Å²) in [7, 11) is 0. The SMILES string of the molecule is C=CC1=CCc2cc(-c3ccccn3)ccc2O1.CC(C)C(=O)C=C(O)C(C)C.O=c1c2ccccc2oc2c[c-]c(-c3ccccn3)cc12.[Ir]. The molecule has 0 spiro atoms. The van der Waals surface area contributed by atoms with Crippen molar-refractivity contribution in [3.63, 3.8) is 0 Å². The summed E-state index contributed by atoms with van der Waals surface area (Å²) in [5.74, 6) is 1.90. The van der Waals surface area contributed by atoms with Crippen molar-refractivity contribution < 1.29 is 39.2 Å². The van der Waals surface area contributed by atoms with E-state index < -0.39 is 0 Å². The van der Waals surface area contributed by atoms with E-state index in [1.807, 2.05) is 94.4 Å². The van der Waals surface area contributed by atoms with Crippen LogP contribution in [0.5, 0.6) is 5.75 Å². The Hall–Kier alpha value is -5.43. The summed E-state index contributed by atoms with van der Waals surface area (Å²) < 4.78 is 11.5. The maximum atomic E-state index is 12.6. The number of allylic oxidation sites excluding steroid dienone is 4. The minimum atomic E-state index is -0.0316. The van der Waals surface area contributed by atoms with Crippen LogP contribution in [0.1, 0.15) is 33.3 Å². The number of aliphatic hydroxyl groups excluding tert-OH is 1. The van der Waals surface area contributed by atoms with Gasteiger partial charge < -0.3 is 19.2 Å². The quantitative estimate of drug-likeness (QED) is 0.0771. The van der Waals surface area contributed by atoms with Crippen LogP contribution in [-0.2, 0) is 31.3 Å². The van der Waals surface area contributed by atoms with Crippen LogP contribution in [0, 0.1) is 17.9 Å². The number of carbonyl (C=O) groups is 1. The topological polar surface area (TPSA) is 103 Å². The molecule has 1 aliphatic rings. The Morgan fingerprint density at radius 1 is 0.863 bits per heavy atom. The Balaban J connectivity index is 0.000000179. The molecule has 3 aromatic carbocycles. The Morgan fingerprint density at radius 2 is 1.55 bits per heavy atom. The van der Waals surface area contributed by atoms with Crippen molar-refractivity contribution in [1.82, 2.24) is 9.97 Å². The first-order valence-corrected chi connectivity index (χ1v) is 16.4. The van der Waals surface area contributed by atoms with Crippen LogP contribution in [0.4, 0.5) is 0 Å². The van der Waals surface area contributed by atoms with E-state index in [1.165, 1.54) is 11.6 Å². The van der Waals surface area contributed by atoms with Crippen molar-refractivity contribution in [2.24, 2.45) is 11.8 Å². The van der Waals surface area contributed by atoms with Gasteiger partial charge >= 0.3 is 0 Å². The van der Waals surface area contributed by atoms with Crippen LogP contribution >= 0.6 is 0 Å². The first-order chi connectivity index (χ1) is 24.1. The molecule has 3 aromatic heterocycles. The van der Waals surface area contributed by atoms with Gasteiger partial charge in [-0.25, -0.2) is 0 Å². The van der Waals surface area contributed by atoms with Crippen LogP contribution in [0.3, 0.4) is 0 Å². The number of hydrogen-bond acceptors (Lipinski definition) is 7. The monoisotopic (exact) mass is 856 g/mol. The van der Waals surface area contributed by atoms with E-state index in [2.05, 4.69) is 28.7 Å². The minimum Gasteiger partial charge on any atom is -0.512 e. The summed E-state index contributed by atoms with van der Waals surface area (Å²) in [6.07, 6.45) is 9.48. The number of benzene rings is 3. The first kappa shape index (κ1) is 38.4. The third-order valence-electron chi connectivity index (χ3n) is 7.87. The van der Waals surface area contributed by atoms with E-state index in [-0.39, 0.29) is 48.9 Å². The van der Waals surface area contributed by atoms with Crippen LogP contribution in [0.25, 0.3) is 44.5 Å². The second kappa shape index (κ2) is 18.0. The Morgan fingerprint density at radius 3 is 2.20 bits per heavy atom. The predicted octanol–water partition coefficient (Wildman–Crippen LogP) is 9.87. The summed E-state index contributed by atoms with van der Waals surface area (Å²) in [6, 6.07) is 31.6. The average Bonchev–Trinajstić information content (AvgIpc) is 3.15. The van der Waals surface area contributed by atoms with Crippen LogP contribution in [0.2, 0.25) is 0 Å². The van der Waals surface area contributed by atoms with Gasteiger partial charge in [0.05, 0.1) is 22.4 Å². The molecule has 261 valence electrons. The Kier molecular flexibility index (Phi) is 13.5. The number of rotatable bonds is 6. The van der Waals surface area contributed by atoms with Crippen molar-refractivity contribution in [3.8, 4) is 28.3 Å². The normalized spacial score (nSPS) is 12.0. The fourth-order valence-corrected chi connectivity index (χ4v) is 4.93. The second-order valence-electron chi connectivity index (χ2n) is 12.2. The van der Waals surface area contributed by atoms with Gasteiger partial charge in [0.2, 0.25) is 0 Å². The van der Waals surface area contributed by atoms with Gasteiger partial charge in [-0.3, -0.25) is 14.6 Å². The van der Waals surface area contributed by atoms with Gasteiger partial charge in [0.15, 0.2) is 11.2 Å². The van der Waals surface area contributed by atoms with Crippen molar-refractivity contribution in [3.05, 3.63) is 162 Å². The molecule has 1 N–H and O–H groups in total. The molecule has 0 bridgehead atoms. The van der Waals surface area contributed by atoms with Gasteiger partial charge in [-0.15, -0.1) is 23.8 Å². The number of pyridine rings is 2. The fraction of sp³-hybridized carbons (Fsp3) is 0.163. The van der Waals surface area contributed by atoms with Gasteiger partial charge in [0.1, 0.15) is 17.1 Å². The maximum absolute atomic E-state index is 12.6. The molecule has 0 saturated carbocycles. The molecule has 4 heterocycles. The van der Waals surface area contributed by atoms with Gasteiger partial charge in [-0.05, 0) is 83.7 Å². The molecule has 8 heteroatoms. The minimum absolute atomic E-state index is 0. The Bertz CT molecular complexity index is 2240. The van der Waals surface area contributed by atoms with Crippen LogP contribution in [-0.4, -0.2) is 20.9 Å². The molecule has 0 aliphatic carbocycles. The average molecular weight is 856 g/mol. The summed E-state index contributed by atoms with van der Waals surface area (Å²) in [4.78, 5) is 32.2. The number of carbonyl (C=O) groups excluding carboxylic acids is 1. The molecule has 6 aromatic rings. The number of nitrogens with zero attached hydrogens (tertiary/aromatic N) is 2. The Labute approximate surface area is 311 Å². The van der Waals surface area contributed by atoms with Gasteiger partial charge in [0.25, 0.3) is 0 Å². The first-order valence-electron chi connectivity index (χ1n) is 16.4. The van der Waals surface area contributed by atoms with E-state index in [9.17, 15) is 14.7 Å². The van der Waals surface area contributed by atoms with E-state index in [4.69, 9.17) is 9.15 Å². The zero-order chi connectivity index (χ0) is 35.6. The van der Waals surface area contributed by atoms with E-state index >= 15 is 0 Å². The largest absolute Gasteiger partial charge is 0.512 e. The third kappa shape index (κ3) is 9.85. The summed E-state index contributed by atoms with van der Waals surface area (Å²) in [6.45, 7) is 11.0. The van der Waals surface area contributed by atoms with Crippen molar-refractivity contribution >= 4 is 27.7 Å². The van der Waals surface area contributed by atoms with E-state index in [0.29, 0.717) is 21.9 Å². The van der Waals surface area contributed by atoms with Crippen LogP contribution in [0.15, 0.2) is 149 Å². The molecule has 1 radical (unpaired) electrons. The maximum Gasteiger partial charge on any atom is 0.182 e. The van der Waals surface area contributed by atoms with Crippen LogP contribution < -0.4 is 10.2 Å².